The number of H-pyrrole nitrogens is 1. The molecule has 5 heteroatoms. The minimum atomic E-state index is -0.851. The number of likely N-dealkylation sites (N-methyl/N-ethyl adjacent to an activating group) is 1. The summed E-state index contributed by atoms with van der Waals surface area (Å²) >= 11 is 0. The fourth-order valence-electron chi connectivity index (χ4n) is 5.55. The van der Waals surface area contributed by atoms with Gasteiger partial charge in [0.1, 0.15) is 5.75 Å². The number of rotatable bonds is 8. The van der Waals surface area contributed by atoms with E-state index in [9.17, 15) is 9.90 Å². The van der Waals surface area contributed by atoms with Crippen LogP contribution in [0.25, 0.3) is 22.0 Å². The number of nitrogens with one attached hydrogen (secondary N) is 1. The van der Waals surface area contributed by atoms with Crippen molar-refractivity contribution in [1.82, 2.24) is 9.88 Å². The van der Waals surface area contributed by atoms with E-state index in [1.807, 2.05) is 24.1 Å². The Balaban J connectivity index is 1.45. The van der Waals surface area contributed by atoms with E-state index in [0.717, 1.165) is 46.3 Å². The number of aromatic nitrogens is 1. The number of hydrogen-bond acceptors (Lipinski definition) is 3. The highest BCUT2D eigenvalue weighted by molar-refractivity contribution is 5.86. The molecular weight excluding hydrogens is 472 g/mol. The van der Waals surface area contributed by atoms with Crippen molar-refractivity contribution in [3.8, 4) is 16.9 Å². The Labute approximate surface area is 225 Å². The molecule has 5 rings (SSSR count). The number of carboxylic acids is 1. The Hall–Kier alpha value is -3.57. The van der Waals surface area contributed by atoms with E-state index >= 15 is 0 Å². The SMILES string of the molecule is CN(CC(=O)O)C(c1ccc(OC2CCCC2)cc1)c1cc2cc(-c3ccc(C(C)(C)C)cc3)ccc2[nH]1. The van der Waals surface area contributed by atoms with Crippen molar-refractivity contribution in [2.75, 3.05) is 13.6 Å². The smallest absolute Gasteiger partial charge is 0.317 e. The van der Waals surface area contributed by atoms with Gasteiger partial charge in [0.25, 0.3) is 0 Å². The molecule has 3 aromatic carbocycles. The van der Waals surface area contributed by atoms with Crippen molar-refractivity contribution in [1.29, 1.82) is 0 Å². The highest BCUT2D eigenvalue weighted by atomic mass is 16.5. The molecule has 0 saturated heterocycles. The van der Waals surface area contributed by atoms with Crippen LogP contribution in [0.1, 0.15) is 69.3 Å². The van der Waals surface area contributed by atoms with Crippen molar-refractivity contribution in [2.24, 2.45) is 0 Å². The molecule has 1 aliphatic rings. The second-order valence-electron chi connectivity index (χ2n) is 11.7. The number of carboxylic acid groups (broad SMARTS) is 1. The Morgan fingerprint density at radius 1 is 0.974 bits per heavy atom. The lowest BCUT2D eigenvalue weighted by Gasteiger charge is -2.26. The second-order valence-corrected chi connectivity index (χ2v) is 11.7. The Morgan fingerprint density at radius 3 is 2.26 bits per heavy atom. The summed E-state index contributed by atoms with van der Waals surface area (Å²) in [5, 5.41) is 10.6. The van der Waals surface area contributed by atoms with E-state index in [1.165, 1.54) is 24.0 Å². The molecule has 198 valence electrons. The van der Waals surface area contributed by atoms with E-state index in [4.69, 9.17) is 4.74 Å². The van der Waals surface area contributed by atoms with Gasteiger partial charge in [-0.2, -0.15) is 0 Å². The summed E-state index contributed by atoms with van der Waals surface area (Å²) in [5.74, 6) is 0.0230. The maximum absolute atomic E-state index is 11.6. The maximum Gasteiger partial charge on any atom is 0.317 e. The molecule has 2 N–H and O–H groups in total. The summed E-state index contributed by atoms with van der Waals surface area (Å²) in [4.78, 5) is 17.0. The third-order valence-electron chi connectivity index (χ3n) is 7.65. The molecule has 4 aromatic rings. The zero-order chi connectivity index (χ0) is 26.9. The third-order valence-corrected chi connectivity index (χ3v) is 7.65. The van der Waals surface area contributed by atoms with Gasteiger partial charge in [-0.25, -0.2) is 0 Å². The minimum absolute atomic E-state index is 0.0638. The van der Waals surface area contributed by atoms with Crippen LogP contribution in [0.4, 0.5) is 0 Å². The maximum atomic E-state index is 11.6. The third kappa shape index (κ3) is 5.78. The fraction of sp³-hybridized carbons (Fsp3) is 0.364. The minimum Gasteiger partial charge on any atom is -0.490 e. The fourth-order valence-corrected chi connectivity index (χ4v) is 5.55. The van der Waals surface area contributed by atoms with Crippen LogP contribution in [0.5, 0.6) is 5.75 Å². The van der Waals surface area contributed by atoms with Crippen LogP contribution in [0.2, 0.25) is 0 Å². The van der Waals surface area contributed by atoms with Crippen LogP contribution in [-0.2, 0) is 10.2 Å². The summed E-state index contributed by atoms with van der Waals surface area (Å²) < 4.78 is 6.15. The zero-order valence-corrected chi connectivity index (χ0v) is 22.8. The summed E-state index contributed by atoms with van der Waals surface area (Å²) in [6.45, 7) is 6.61. The van der Waals surface area contributed by atoms with Gasteiger partial charge in [-0.1, -0.05) is 63.2 Å². The van der Waals surface area contributed by atoms with Gasteiger partial charge in [0, 0.05) is 16.6 Å². The van der Waals surface area contributed by atoms with Crippen molar-refractivity contribution in [3.05, 3.63) is 89.6 Å². The molecule has 1 unspecified atom stereocenters. The molecular formula is C33H38N2O3. The van der Waals surface area contributed by atoms with Crippen molar-refractivity contribution in [2.45, 2.75) is 64.0 Å². The van der Waals surface area contributed by atoms with Gasteiger partial charge in [-0.15, -0.1) is 0 Å². The molecule has 0 amide bonds. The lowest BCUT2D eigenvalue weighted by Crippen LogP contribution is -2.31. The van der Waals surface area contributed by atoms with Gasteiger partial charge < -0.3 is 14.8 Å². The van der Waals surface area contributed by atoms with Gasteiger partial charge in [-0.05, 0) is 90.7 Å². The van der Waals surface area contributed by atoms with Gasteiger partial charge in [0.2, 0.25) is 0 Å². The lowest BCUT2D eigenvalue weighted by molar-refractivity contribution is -0.138. The summed E-state index contributed by atoms with van der Waals surface area (Å²) in [7, 11) is 1.86. The molecule has 0 spiro atoms. The summed E-state index contributed by atoms with van der Waals surface area (Å²) in [5.41, 5.74) is 6.80. The van der Waals surface area contributed by atoms with Crippen LogP contribution in [0, 0.1) is 0 Å². The number of fused-ring (bicyclic) bond motifs is 1. The number of nitrogens with zero attached hydrogens (tertiary/aromatic N) is 1. The second kappa shape index (κ2) is 10.7. The van der Waals surface area contributed by atoms with Crippen molar-refractivity contribution < 1.29 is 14.6 Å². The average molecular weight is 511 g/mol. The van der Waals surface area contributed by atoms with E-state index < -0.39 is 5.97 Å². The highest BCUT2D eigenvalue weighted by Gasteiger charge is 2.24. The number of aliphatic carboxylic acids is 1. The Bertz CT molecular complexity index is 1390. The lowest BCUT2D eigenvalue weighted by atomic mass is 9.86. The van der Waals surface area contributed by atoms with Crippen LogP contribution >= 0.6 is 0 Å². The predicted molar refractivity (Wildman–Crippen MR) is 154 cm³/mol. The number of aromatic amines is 1. The van der Waals surface area contributed by atoms with Gasteiger partial charge in [0.15, 0.2) is 0 Å². The van der Waals surface area contributed by atoms with Crippen LogP contribution in [0.15, 0.2) is 72.8 Å². The quantitative estimate of drug-likeness (QED) is 0.257. The highest BCUT2D eigenvalue weighted by Crippen LogP contribution is 2.34. The predicted octanol–water partition coefficient (Wildman–Crippen LogP) is 7.56. The Kier molecular flexibility index (Phi) is 7.31. The monoisotopic (exact) mass is 510 g/mol. The number of ether oxygens (including phenoxy) is 1. The van der Waals surface area contributed by atoms with E-state index in [2.05, 4.69) is 86.4 Å². The van der Waals surface area contributed by atoms with Crippen LogP contribution in [-0.4, -0.2) is 40.7 Å². The number of benzene rings is 3. The molecule has 1 heterocycles. The molecule has 0 bridgehead atoms. The number of carbonyl (C=O) groups is 1. The molecule has 1 saturated carbocycles. The summed E-state index contributed by atoms with van der Waals surface area (Å²) in [6, 6.07) is 25.3. The van der Waals surface area contributed by atoms with Crippen LogP contribution < -0.4 is 4.74 Å². The number of hydrogen-bond donors (Lipinski definition) is 2. The molecule has 0 radical (unpaired) electrons. The average Bonchev–Trinajstić information content (AvgIpc) is 3.53. The zero-order valence-electron chi connectivity index (χ0n) is 22.8. The first-order chi connectivity index (χ1) is 18.2. The van der Waals surface area contributed by atoms with E-state index in [1.54, 1.807) is 0 Å². The molecule has 5 nitrogen and oxygen atoms in total. The molecule has 1 atom stereocenters. The first-order valence-corrected chi connectivity index (χ1v) is 13.6. The Morgan fingerprint density at radius 2 is 1.63 bits per heavy atom. The molecule has 0 aliphatic heterocycles. The van der Waals surface area contributed by atoms with Gasteiger partial charge in [0.05, 0.1) is 18.7 Å². The molecule has 1 aliphatic carbocycles. The first-order valence-electron chi connectivity index (χ1n) is 13.6. The molecule has 1 fully saturated rings. The molecule has 1 aromatic heterocycles. The van der Waals surface area contributed by atoms with E-state index in [-0.39, 0.29) is 18.0 Å². The van der Waals surface area contributed by atoms with Crippen LogP contribution in [0.3, 0.4) is 0 Å². The normalized spacial score (nSPS) is 15.3. The van der Waals surface area contributed by atoms with Gasteiger partial charge >= 0.3 is 5.97 Å². The van der Waals surface area contributed by atoms with Crippen molar-refractivity contribution in [3.63, 3.8) is 0 Å². The standard InChI is InChI=1S/C33H38N2O3/c1-33(2,3)26-14-9-22(10-15-26)24-13-18-29-25(19-24)20-30(34-29)32(35(4)21-31(36)37)23-11-16-28(17-12-23)38-27-7-5-6-8-27/h9-20,27,32,34H,5-8,21H2,1-4H3,(H,36,37). The summed E-state index contributed by atoms with van der Waals surface area (Å²) in [6.07, 6.45) is 5.00. The largest absolute Gasteiger partial charge is 0.490 e. The van der Waals surface area contributed by atoms with Gasteiger partial charge in [-0.3, -0.25) is 9.69 Å². The van der Waals surface area contributed by atoms with E-state index in [0.29, 0.717) is 6.10 Å². The topological polar surface area (TPSA) is 65.6 Å². The van der Waals surface area contributed by atoms with Crippen molar-refractivity contribution >= 4 is 16.9 Å². The first kappa shape index (κ1) is 26.1. The molecule has 38 heavy (non-hydrogen) atoms.